The van der Waals surface area contributed by atoms with E-state index < -0.39 is 11.9 Å². The van der Waals surface area contributed by atoms with Gasteiger partial charge in [-0.2, -0.15) is 0 Å². The highest BCUT2D eigenvalue weighted by atomic mass is 19.1. The van der Waals surface area contributed by atoms with Gasteiger partial charge in [0.25, 0.3) is 5.91 Å². The van der Waals surface area contributed by atoms with Crippen molar-refractivity contribution in [3.63, 3.8) is 0 Å². The predicted molar refractivity (Wildman–Crippen MR) is 137 cm³/mol. The highest BCUT2D eigenvalue weighted by molar-refractivity contribution is 6.11. The lowest BCUT2D eigenvalue weighted by Gasteiger charge is -2.13. The fraction of sp³-hybridized carbons (Fsp3) is 0.0690. The van der Waals surface area contributed by atoms with Crippen LogP contribution in [0, 0.1) is 5.82 Å². The molecule has 8 heteroatoms. The number of aromatic carboxylic acids is 1. The van der Waals surface area contributed by atoms with Crippen LogP contribution in [0.15, 0.2) is 91.3 Å². The fourth-order valence-corrected chi connectivity index (χ4v) is 4.18. The highest BCUT2D eigenvalue weighted by Gasteiger charge is 2.25. The van der Waals surface area contributed by atoms with Crippen LogP contribution >= 0.6 is 0 Å². The van der Waals surface area contributed by atoms with Gasteiger partial charge in [0, 0.05) is 11.6 Å². The number of carboxylic acids is 1. The van der Waals surface area contributed by atoms with E-state index in [9.17, 15) is 19.1 Å². The maximum Gasteiger partial charge on any atom is 0.336 e. The molecule has 5 aromatic rings. The summed E-state index contributed by atoms with van der Waals surface area (Å²) in [6.07, 6.45) is 3.32. The number of anilines is 1. The van der Waals surface area contributed by atoms with Crippen LogP contribution in [0.2, 0.25) is 0 Å². The van der Waals surface area contributed by atoms with E-state index in [1.807, 2.05) is 30.3 Å². The van der Waals surface area contributed by atoms with E-state index in [2.05, 4.69) is 15.3 Å². The van der Waals surface area contributed by atoms with E-state index in [1.165, 1.54) is 24.4 Å². The standard InChI is InChI=1S/C29H22FN3O4/c30-20-10-8-18(9-11-20)15-23-22(29(35)36)12-13-24-25(23)27(37-17-19-5-2-1-3-6-19)26(33-24)28(34)32-21-7-4-14-31-16-21/h1-14,16,33H,15,17H2,(H,32,34)(H,35,36). The molecule has 0 saturated heterocycles. The zero-order valence-corrected chi connectivity index (χ0v) is 19.6. The summed E-state index contributed by atoms with van der Waals surface area (Å²) in [5.41, 5.74) is 3.31. The number of hydrogen-bond donors (Lipinski definition) is 3. The molecular weight excluding hydrogens is 473 g/mol. The van der Waals surface area contributed by atoms with Crippen LogP contribution in [0.3, 0.4) is 0 Å². The maximum atomic E-state index is 13.5. The van der Waals surface area contributed by atoms with Crippen molar-refractivity contribution < 1.29 is 23.8 Å². The molecule has 0 fully saturated rings. The number of nitrogens with zero attached hydrogens (tertiary/aromatic N) is 1. The number of benzene rings is 3. The van der Waals surface area contributed by atoms with E-state index >= 15 is 0 Å². The quantitative estimate of drug-likeness (QED) is 0.252. The van der Waals surface area contributed by atoms with Gasteiger partial charge in [-0.1, -0.05) is 42.5 Å². The van der Waals surface area contributed by atoms with E-state index in [4.69, 9.17) is 4.74 Å². The van der Waals surface area contributed by atoms with Gasteiger partial charge in [-0.15, -0.1) is 0 Å². The van der Waals surface area contributed by atoms with Gasteiger partial charge in [-0.05, 0) is 59.5 Å². The minimum Gasteiger partial charge on any atom is -0.486 e. The molecule has 1 amide bonds. The maximum absolute atomic E-state index is 13.5. The Balaban J connectivity index is 1.65. The molecule has 184 valence electrons. The number of aromatic amines is 1. The molecule has 0 spiro atoms. The van der Waals surface area contributed by atoms with Gasteiger partial charge in [-0.25, -0.2) is 9.18 Å². The van der Waals surface area contributed by atoms with Crippen LogP contribution in [-0.4, -0.2) is 27.0 Å². The van der Waals surface area contributed by atoms with Crippen molar-refractivity contribution >= 4 is 28.5 Å². The van der Waals surface area contributed by atoms with E-state index in [1.54, 1.807) is 36.5 Å². The van der Waals surface area contributed by atoms with Gasteiger partial charge in [0.05, 0.1) is 23.0 Å². The molecule has 3 aromatic carbocycles. The van der Waals surface area contributed by atoms with Crippen molar-refractivity contribution in [2.24, 2.45) is 0 Å². The van der Waals surface area contributed by atoms with Crippen molar-refractivity contribution in [3.8, 4) is 5.75 Å². The molecule has 2 aromatic heterocycles. The van der Waals surface area contributed by atoms with Gasteiger partial charge in [-0.3, -0.25) is 9.78 Å². The number of aromatic nitrogens is 2. The lowest BCUT2D eigenvalue weighted by atomic mass is 9.95. The second kappa shape index (κ2) is 10.3. The average molecular weight is 496 g/mol. The Morgan fingerprint density at radius 3 is 2.43 bits per heavy atom. The topological polar surface area (TPSA) is 104 Å². The summed E-state index contributed by atoms with van der Waals surface area (Å²) in [6, 6.07) is 21.8. The number of nitrogens with one attached hydrogen (secondary N) is 2. The number of H-pyrrole nitrogens is 1. The highest BCUT2D eigenvalue weighted by Crippen LogP contribution is 2.37. The van der Waals surface area contributed by atoms with Crippen molar-refractivity contribution in [1.82, 2.24) is 9.97 Å². The minimum absolute atomic E-state index is 0.0691. The van der Waals surface area contributed by atoms with Gasteiger partial charge >= 0.3 is 5.97 Å². The normalized spacial score (nSPS) is 10.8. The lowest BCUT2D eigenvalue weighted by Crippen LogP contribution is -2.14. The van der Waals surface area contributed by atoms with E-state index in [0.717, 1.165) is 5.56 Å². The Kier molecular flexibility index (Phi) is 6.63. The molecule has 7 nitrogen and oxygen atoms in total. The molecule has 2 heterocycles. The Morgan fingerprint density at radius 1 is 0.946 bits per heavy atom. The molecule has 0 radical (unpaired) electrons. The smallest absolute Gasteiger partial charge is 0.336 e. The summed E-state index contributed by atoms with van der Waals surface area (Å²) >= 11 is 0. The molecule has 0 unspecified atom stereocenters. The monoisotopic (exact) mass is 495 g/mol. The van der Waals surface area contributed by atoms with Crippen LogP contribution in [0.5, 0.6) is 5.75 Å². The Labute approximate surface area is 211 Å². The van der Waals surface area contributed by atoms with E-state index in [0.29, 0.717) is 27.7 Å². The first kappa shape index (κ1) is 23.7. The van der Waals surface area contributed by atoms with Crippen LogP contribution in [0.25, 0.3) is 10.9 Å². The number of amides is 1. The SMILES string of the molecule is O=C(O)c1ccc2[nH]c(C(=O)Nc3cccnc3)c(OCc3ccccc3)c2c1Cc1ccc(F)cc1. The molecule has 0 atom stereocenters. The van der Waals surface area contributed by atoms with Crippen LogP contribution in [0.4, 0.5) is 10.1 Å². The third kappa shape index (κ3) is 5.18. The van der Waals surface area contributed by atoms with Crippen molar-refractivity contribution in [3.05, 3.63) is 125 Å². The number of halogens is 1. The largest absolute Gasteiger partial charge is 0.486 e. The summed E-state index contributed by atoms with van der Waals surface area (Å²) in [5, 5.41) is 13.2. The van der Waals surface area contributed by atoms with E-state index in [-0.39, 0.29) is 35.9 Å². The van der Waals surface area contributed by atoms with Gasteiger partial charge < -0.3 is 20.1 Å². The average Bonchev–Trinajstić information content (AvgIpc) is 3.29. The molecule has 0 bridgehead atoms. The van der Waals surface area contributed by atoms with Gasteiger partial charge in [0.1, 0.15) is 18.1 Å². The number of rotatable bonds is 8. The lowest BCUT2D eigenvalue weighted by molar-refractivity contribution is 0.0696. The minimum atomic E-state index is -1.12. The summed E-state index contributed by atoms with van der Waals surface area (Å²) in [4.78, 5) is 32.7. The molecule has 0 aliphatic heterocycles. The summed E-state index contributed by atoms with van der Waals surface area (Å²) < 4.78 is 19.7. The second-order valence-electron chi connectivity index (χ2n) is 8.42. The second-order valence-corrected chi connectivity index (χ2v) is 8.42. The van der Waals surface area contributed by atoms with Crippen LogP contribution in [0.1, 0.15) is 37.5 Å². The number of carbonyl (C=O) groups is 2. The third-order valence-corrected chi connectivity index (χ3v) is 5.92. The Hall–Kier alpha value is -4.98. The van der Waals surface area contributed by atoms with Crippen molar-refractivity contribution in [2.75, 3.05) is 5.32 Å². The first-order valence-electron chi connectivity index (χ1n) is 11.5. The van der Waals surface area contributed by atoms with Crippen molar-refractivity contribution in [2.45, 2.75) is 13.0 Å². The number of ether oxygens (including phenoxy) is 1. The molecule has 0 aliphatic carbocycles. The fourth-order valence-electron chi connectivity index (χ4n) is 4.18. The van der Waals surface area contributed by atoms with Gasteiger partial charge in [0.2, 0.25) is 0 Å². The molecule has 5 rings (SSSR count). The van der Waals surface area contributed by atoms with Crippen LogP contribution in [-0.2, 0) is 13.0 Å². The number of hydrogen-bond acceptors (Lipinski definition) is 4. The molecular formula is C29H22FN3O4. The first-order chi connectivity index (χ1) is 18.0. The number of fused-ring (bicyclic) bond motifs is 1. The summed E-state index contributed by atoms with van der Waals surface area (Å²) in [7, 11) is 0. The number of carbonyl (C=O) groups excluding carboxylic acids is 1. The van der Waals surface area contributed by atoms with Crippen molar-refractivity contribution in [1.29, 1.82) is 0 Å². The summed E-state index contributed by atoms with van der Waals surface area (Å²) in [6.45, 7) is 0.161. The third-order valence-electron chi connectivity index (χ3n) is 5.92. The molecule has 3 N–H and O–H groups in total. The van der Waals surface area contributed by atoms with Gasteiger partial charge in [0.15, 0.2) is 5.75 Å². The number of pyridine rings is 1. The molecule has 0 aliphatic rings. The van der Waals surface area contributed by atoms with Crippen LogP contribution < -0.4 is 10.1 Å². The molecule has 37 heavy (non-hydrogen) atoms. The predicted octanol–water partition coefficient (Wildman–Crippen LogP) is 5.82. The Bertz CT molecular complexity index is 1570. The zero-order valence-electron chi connectivity index (χ0n) is 19.6. The first-order valence-corrected chi connectivity index (χ1v) is 11.5. The zero-order chi connectivity index (χ0) is 25.8. The Morgan fingerprint density at radius 2 is 1.73 bits per heavy atom. The number of carboxylic acid groups (broad SMARTS) is 1. The molecule has 0 saturated carbocycles. The summed E-state index contributed by atoms with van der Waals surface area (Å²) in [5.74, 6) is -1.73.